The predicted molar refractivity (Wildman–Crippen MR) is 77.5 cm³/mol. The van der Waals surface area contributed by atoms with Gasteiger partial charge in [0.25, 0.3) is 0 Å². The van der Waals surface area contributed by atoms with Crippen molar-refractivity contribution in [1.29, 1.82) is 0 Å². The molecule has 1 spiro atoms. The number of nitrogens with zero attached hydrogens (tertiary/aromatic N) is 2. The van der Waals surface area contributed by atoms with Crippen molar-refractivity contribution >= 4 is 17.6 Å². The second-order valence-electron chi connectivity index (χ2n) is 5.87. The van der Waals surface area contributed by atoms with Crippen LogP contribution in [0.2, 0.25) is 0 Å². The van der Waals surface area contributed by atoms with Crippen molar-refractivity contribution in [1.82, 2.24) is 4.90 Å². The lowest BCUT2D eigenvalue weighted by Crippen LogP contribution is -2.63. The van der Waals surface area contributed by atoms with E-state index in [4.69, 9.17) is 0 Å². The summed E-state index contributed by atoms with van der Waals surface area (Å²) in [5.41, 5.74) is 0.428. The first-order valence-electron chi connectivity index (χ1n) is 7.30. The third-order valence-electron chi connectivity index (χ3n) is 4.72. The fraction of sp³-hybridized carbons (Fsp3) is 0.500. The van der Waals surface area contributed by atoms with E-state index in [1.54, 1.807) is 4.90 Å². The van der Waals surface area contributed by atoms with Crippen LogP contribution in [0.3, 0.4) is 0 Å². The van der Waals surface area contributed by atoms with E-state index in [1.165, 1.54) is 11.3 Å². The fourth-order valence-electron chi connectivity index (χ4n) is 3.49. The zero-order valence-corrected chi connectivity index (χ0v) is 11.8. The predicted octanol–water partition coefficient (Wildman–Crippen LogP) is 3.18. The Kier molecular flexibility index (Phi) is 3.24. The van der Waals surface area contributed by atoms with Gasteiger partial charge >= 0.3 is 6.03 Å². The summed E-state index contributed by atoms with van der Waals surface area (Å²) >= 11 is 0. The van der Waals surface area contributed by atoms with Crippen LogP contribution in [0.25, 0.3) is 0 Å². The summed E-state index contributed by atoms with van der Waals surface area (Å²) in [5, 5.41) is 0. The molecule has 1 saturated heterocycles. The third-order valence-corrected chi connectivity index (χ3v) is 4.72. The van der Waals surface area contributed by atoms with Gasteiger partial charge in [-0.15, -0.1) is 0 Å². The molecule has 4 nitrogen and oxygen atoms in total. The number of amides is 3. The lowest BCUT2D eigenvalue weighted by Gasteiger charge is -2.49. The first-order chi connectivity index (χ1) is 9.64. The van der Waals surface area contributed by atoms with Crippen LogP contribution in [-0.2, 0) is 4.79 Å². The number of urea groups is 1. The van der Waals surface area contributed by atoms with Crippen LogP contribution in [0.4, 0.5) is 10.5 Å². The Hall–Kier alpha value is -1.84. The Morgan fingerprint density at radius 3 is 2.30 bits per heavy atom. The maximum Gasteiger partial charge on any atom is 0.331 e. The number of rotatable bonds is 1. The highest BCUT2D eigenvalue weighted by molar-refractivity contribution is 6.16. The molecule has 1 saturated carbocycles. The van der Waals surface area contributed by atoms with Gasteiger partial charge in [0.05, 0.1) is 17.6 Å². The van der Waals surface area contributed by atoms with Crippen molar-refractivity contribution < 1.29 is 9.59 Å². The largest absolute Gasteiger partial charge is 0.331 e. The maximum absolute atomic E-state index is 12.6. The summed E-state index contributed by atoms with van der Waals surface area (Å²) in [5.74, 6) is -0.0683. The Labute approximate surface area is 119 Å². The summed E-state index contributed by atoms with van der Waals surface area (Å²) < 4.78 is 0. The number of hydrogen-bond acceptors (Lipinski definition) is 2. The van der Waals surface area contributed by atoms with Gasteiger partial charge in [-0.25, -0.2) is 9.69 Å². The highest BCUT2D eigenvalue weighted by atomic mass is 16.2. The molecule has 1 aromatic carbocycles. The highest BCUT2D eigenvalue weighted by Gasteiger charge is 2.48. The van der Waals surface area contributed by atoms with Crippen LogP contribution in [0.5, 0.6) is 0 Å². The van der Waals surface area contributed by atoms with Crippen LogP contribution in [0, 0.1) is 0 Å². The van der Waals surface area contributed by atoms with Crippen molar-refractivity contribution in [2.24, 2.45) is 0 Å². The normalized spacial score (nSPS) is 22.4. The summed E-state index contributed by atoms with van der Waals surface area (Å²) in [6.07, 6.45) is 5.77. The van der Waals surface area contributed by atoms with Gasteiger partial charge in [0.1, 0.15) is 0 Å². The van der Waals surface area contributed by atoms with Crippen molar-refractivity contribution in [2.45, 2.75) is 44.1 Å². The second-order valence-corrected chi connectivity index (χ2v) is 5.87. The number of hydrogen-bond donors (Lipinski definition) is 0. The minimum absolute atomic E-state index is 0.0683. The molecule has 20 heavy (non-hydrogen) atoms. The van der Waals surface area contributed by atoms with Crippen LogP contribution < -0.4 is 4.90 Å². The van der Waals surface area contributed by atoms with E-state index in [0.29, 0.717) is 12.1 Å². The standard InChI is InChI=1S/C16H20N2O2/c1-17-15(20)18(13-8-4-2-5-9-13)14(19)12-16(17)10-6-3-7-11-16/h2,4-5,8-9H,3,6-7,10-12H2,1H3. The summed E-state index contributed by atoms with van der Waals surface area (Å²) in [4.78, 5) is 28.3. The number of benzene rings is 1. The summed E-state index contributed by atoms with van der Waals surface area (Å²) in [6.45, 7) is 0. The van der Waals surface area contributed by atoms with E-state index >= 15 is 0 Å². The number of imide groups is 1. The molecule has 2 aliphatic rings. The topological polar surface area (TPSA) is 40.6 Å². The third kappa shape index (κ3) is 1.99. The van der Waals surface area contributed by atoms with Crippen LogP contribution in [-0.4, -0.2) is 29.4 Å². The van der Waals surface area contributed by atoms with Gasteiger partial charge in [0, 0.05) is 7.05 Å². The molecule has 0 bridgehead atoms. The van der Waals surface area contributed by atoms with E-state index in [1.807, 2.05) is 37.4 Å². The zero-order chi connectivity index (χ0) is 14.2. The van der Waals surface area contributed by atoms with Crippen LogP contribution >= 0.6 is 0 Å². The smallest absolute Gasteiger partial charge is 0.321 e. The Bertz CT molecular complexity index is 521. The average molecular weight is 272 g/mol. The summed E-state index contributed by atoms with van der Waals surface area (Å²) in [7, 11) is 1.84. The minimum atomic E-state index is -0.238. The molecule has 1 aromatic rings. The molecule has 106 valence electrons. The molecule has 3 rings (SSSR count). The molecule has 2 fully saturated rings. The lowest BCUT2D eigenvalue weighted by molar-refractivity contribution is -0.123. The number of carbonyl (C=O) groups excluding carboxylic acids is 2. The van der Waals surface area contributed by atoms with Gasteiger partial charge in [0.15, 0.2) is 0 Å². The van der Waals surface area contributed by atoms with Crippen LogP contribution in [0.1, 0.15) is 38.5 Å². The molecule has 0 N–H and O–H groups in total. The number of anilines is 1. The molecule has 0 unspecified atom stereocenters. The van der Waals surface area contributed by atoms with Crippen molar-refractivity contribution in [2.75, 3.05) is 11.9 Å². The first-order valence-corrected chi connectivity index (χ1v) is 7.30. The number of para-hydroxylation sites is 1. The highest BCUT2D eigenvalue weighted by Crippen LogP contribution is 2.40. The quantitative estimate of drug-likeness (QED) is 0.787. The molecule has 0 radical (unpaired) electrons. The zero-order valence-electron chi connectivity index (χ0n) is 11.8. The molecule has 0 aromatic heterocycles. The van der Waals surface area contributed by atoms with Gasteiger partial charge in [-0.05, 0) is 25.0 Å². The van der Waals surface area contributed by atoms with E-state index in [2.05, 4.69) is 0 Å². The SMILES string of the molecule is CN1C(=O)N(c2ccccc2)C(=O)CC12CCCCC2. The molecular weight excluding hydrogens is 252 g/mol. The summed E-state index contributed by atoms with van der Waals surface area (Å²) in [6, 6.07) is 9.01. The lowest BCUT2D eigenvalue weighted by atomic mass is 9.77. The monoisotopic (exact) mass is 272 g/mol. The van der Waals surface area contributed by atoms with E-state index < -0.39 is 0 Å². The Balaban J connectivity index is 1.91. The molecule has 4 heteroatoms. The molecule has 1 aliphatic carbocycles. The Morgan fingerprint density at radius 2 is 1.65 bits per heavy atom. The molecule has 0 atom stereocenters. The minimum Gasteiger partial charge on any atom is -0.321 e. The molecule has 1 heterocycles. The number of carbonyl (C=O) groups is 2. The molecule has 1 aliphatic heterocycles. The van der Waals surface area contributed by atoms with Gasteiger partial charge in [0.2, 0.25) is 5.91 Å². The van der Waals surface area contributed by atoms with E-state index in [0.717, 1.165) is 25.7 Å². The average Bonchev–Trinajstić information content (AvgIpc) is 2.47. The molecular formula is C16H20N2O2. The first kappa shape index (κ1) is 13.2. The Morgan fingerprint density at radius 1 is 1.00 bits per heavy atom. The fourth-order valence-corrected chi connectivity index (χ4v) is 3.49. The van der Waals surface area contributed by atoms with Gasteiger partial charge in [-0.3, -0.25) is 4.79 Å². The van der Waals surface area contributed by atoms with Crippen molar-refractivity contribution in [3.8, 4) is 0 Å². The van der Waals surface area contributed by atoms with Gasteiger partial charge < -0.3 is 4.90 Å². The van der Waals surface area contributed by atoms with Gasteiger partial charge in [-0.2, -0.15) is 0 Å². The second kappa shape index (κ2) is 4.93. The van der Waals surface area contributed by atoms with E-state index in [9.17, 15) is 9.59 Å². The van der Waals surface area contributed by atoms with Crippen molar-refractivity contribution in [3.63, 3.8) is 0 Å². The molecule has 3 amide bonds. The van der Waals surface area contributed by atoms with E-state index in [-0.39, 0.29) is 17.5 Å². The van der Waals surface area contributed by atoms with Crippen LogP contribution in [0.15, 0.2) is 30.3 Å². The maximum atomic E-state index is 12.6. The van der Waals surface area contributed by atoms with Gasteiger partial charge in [-0.1, -0.05) is 37.5 Å². The van der Waals surface area contributed by atoms with Crippen molar-refractivity contribution in [3.05, 3.63) is 30.3 Å².